The summed E-state index contributed by atoms with van der Waals surface area (Å²) in [6, 6.07) is 0.923. The zero-order chi connectivity index (χ0) is 23.1. The maximum Gasteiger partial charge on any atom is 0.490 e. The number of hydrogen-bond acceptors (Lipinski definition) is 11. The van der Waals surface area contributed by atoms with Crippen LogP contribution in [0.5, 0.6) is 0 Å². The Morgan fingerprint density at radius 3 is 2.30 bits per heavy atom. The summed E-state index contributed by atoms with van der Waals surface area (Å²) < 4.78 is 50.9. The van der Waals surface area contributed by atoms with E-state index in [-0.39, 0.29) is 0 Å². The van der Waals surface area contributed by atoms with Gasteiger partial charge >= 0.3 is 29.2 Å². The molecule has 4 unspecified atom stereocenters. The van der Waals surface area contributed by atoms with Crippen LogP contribution in [0.2, 0.25) is 0 Å². The molecule has 2 rings (SSSR count). The van der Waals surface area contributed by atoms with E-state index in [9.17, 15) is 38.4 Å². The van der Waals surface area contributed by atoms with E-state index in [0.717, 1.165) is 23.8 Å². The lowest BCUT2D eigenvalue weighted by Gasteiger charge is -2.27. The van der Waals surface area contributed by atoms with Gasteiger partial charge < -0.3 is 34.5 Å². The first-order chi connectivity index (χ1) is 13.4. The highest BCUT2D eigenvalue weighted by Gasteiger charge is 2.54. The topological polar surface area (TPSA) is 264 Å². The Morgan fingerprint density at radius 1 is 1.17 bits per heavy atom. The number of H-pyrrole nitrogens is 1. The molecule has 6 atom stereocenters. The molecule has 0 saturated carbocycles. The molecule has 1 aliphatic heterocycles. The van der Waals surface area contributed by atoms with Gasteiger partial charge in [-0.05, 0) is 6.92 Å². The number of aromatic nitrogens is 2. The van der Waals surface area contributed by atoms with E-state index in [4.69, 9.17) is 19.4 Å². The van der Waals surface area contributed by atoms with Crippen LogP contribution in [-0.2, 0) is 31.6 Å². The van der Waals surface area contributed by atoms with Crippen molar-refractivity contribution in [2.24, 2.45) is 0 Å². The summed E-state index contributed by atoms with van der Waals surface area (Å²) in [6.45, 7) is -0.0136. The number of aromatic amines is 1. The third kappa shape index (κ3) is 6.24. The normalized spacial score (nSPS) is 31.2. The minimum Gasteiger partial charge on any atom is -0.387 e. The quantitative estimate of drug-likeness (QED) is 0.189. The average molecular weight is 498 g/mol. The highest BCUT2D eigenvalue weighted by atomic mass is 31.3. The SMILES string of the molecule is C[C@]1(O)C(n2ccc(=O)[nH]c2=O)OC(COP(=O)(O)OP(=O)(O)OP(=O)(O)O)[C@H]1O. The highest BCUT2D eigenvalue weighted by molar-refractivity contribution is 7.66. The summed E-state index contributed by atoms with van der Waals surface area (Å²) in [5.41, 5.74) is -3.93. The molecular weight excluding hydrogens is 481 g/mol. The molecule has 7 N–H and O–H groups in total. The number of nitrogens with one attached hydrogen (secondary N) is 1. The van der Waals surface area contributed by atoms with Crippen LogP contribution in [0.1, 0.15) is 13.2 Å². The van der Waals surface area contributed by atoms with Crippen LogP contribution >= 0.6 is 23.5 Å². The summed E-state index contributed by atoms with van der Waals surface area (Å²) in [5.74, 6) is 0. The molecule has 0 amide bonds. The summed E-state index contributed by atoms with van der Waals surface area (Å²) in [5, 5.41) is 20.6. The standard InChI is InChI=1S/C10H17N2O15P3/c1-10(16)7(14)5(25-8(10)12-3-2-6(13)11-9(12)15)4-24-29(20,21)27-30(22,23)26-28(17,18)19/h2-3,5,7-8,14,16H,4H2,1H3,(H,20,21)(H,22,23)(H,11,13,15)(H2,17,18,19)/t5?,7-,8?,10-/m1/s1. The first-order valence-corrected chi connectivity index (χ1v) is 12.1. The van der Waals surface area contributed by atoms with Crippen LogP contribution in [0, 0.1) is 0 Å². The second-order valence-corrected chi connectivity index (χ2v) is 10.5. The van der Waals surface area contributed by atoms with Crippen molar-refractivity contribution in [2.75, 3.05) is 6.61 Å². The van der Waals surface area contributed by atoms with Crippen LogP contribution in [0.4, 0.5) is 0 Å². The van der Waals surface area contributed by atoms with Crippen LogP contribution in [0.15, 0.2) is 21.9 Å². The minimum absolute atomic E-state index is 0.718. The predicted molar refractivity (Wildman–Crippen MR) is 91.7 cm³/mol. The van der Waals surface area contributed by atoms with Crippen LogP contribution in [-0.4, -0.2) is 63.8 Å². The van der Waals surface area contributed by atoms with Gasteiger partial charge in [-0.1, -0.05) is 0 Å². The summed E-state index contributed by atoms with van der Waals surface area (Å²) in [6.07, 6.45) is -4.08. The lowest BCUT2D eigenvalue weighted by molar-refractivity contribution is -0.0986. The van der Waals surface area contributed by atoms with E-state index in [1.807, 2.05) is 4.98 Å². The lowest BCUT2D eigenvalue weighted by atomic mass is 9.96. The summed E-state index contributed by atoms with van der Waals surface area (Å²) >= 11 is 0. The first-order valence-electron chi connectivity index (χ1n) is 7.59. The molecule has 17 nitrogen and oxygen atoms in total. The number of ether oxygens (including phenoxy) is 1. The number of phosphoric ester groups is 1. The van der Waals surface area contributed by atoms with Gasteiger partial charge in [0.25, 0.3) is 5.56 Å². The van der Waals surface area contributed by atoms with E-state index in [1.54, 1.807) is 0 Å². The lowest BCUT2D eigenvalue weighted by Crippen LogP contribution is -2.46. The maximum absolute atomic E-state index is 11.9. The van der Waals surface area contributed by atoms with E-state index < -0.39 is 65.4 Å². The molecule has 0 spiro atoms. The van der Waals surface area contributed by atoms with Gasteiger partial charge in [0.1, 0.15) is 17.8 Å². The van der Waals surface area contributed by atoms with E-state index in [1.165, 1.54) is 0 Å². The maximum atomic E-state index is 11.9. The smallest absolute Gasteiger partial charge is 0.387 e. The molecule has 1 aliphatic rings. The van der Waals surface area contributed by atoms with Crippen LogP contribution in [0.3, 0.4) is 0 Å². The Morgan fingerprint density at radius 2 is 1.77 bits per heavy atom. The van der Waals surface area contributed by atoms with Gasteiger partial charge in [0.2, 0.25) is 0 Å². The van der Waals surface area contributed by atoms with Gasteiger partial charge in [0, 0.05) is 12.3 Å². The van der Waals surface area contributed by atoms with Gasteiger partial charge in [0.15, 0.2) is 6.23 Å². The Hall–Kier alpha value is -1.03. The fourth-order valence-corrected chi connectivity index (χ4v) is 5.49. The molecule has 172 valence electrons. The third-order valence-electron chi connectivity index (χ3n) is 3.68. The third-order valence-corrected chi connectivity index (χ3v) is 7.48. The minimum atomic E-state index is -5.74. The highest BCUT2D eigenvalue weighted by Crippen LogP contribution is 2.66. The van der Waals surface area contributed by atoms with E-state index >= 15 is 0 Å². The molecule has 1 aromatic heterocycles. The Balaban J connectivity index is 2.13. The fourth-order valence-electron chi connectivity index (χ4n) is 2.46. The zero-order valence-corrected chi connectivity index (χ0v) is 17.4. The number of phosphoric acid groups is 3. The second kappa shape index (κ2) is 8.48. The molecule has 0 aromatic carbocycles. The molecular formula is C10H17N2O15P3. The number of aliphatic hydroxyl groups excluding tert-OH is 1. The van der Waals surface area contributed by atoms with Crippen molar-refractivity contribution in [2.45, 2.75) is 31.0 Å². The van der Waals surface area contributed by atoms with Gasteiger partial charge in [-0.25, -0.2) is 18.5 Å². The van der Waals surface area contributed by atoms with Crippen molar-refractivity contribution in [3.63, 3.8) is 0 Å². The Bertz CT molecular complexity index is 1040. The molecule has 1 fully saturated rings. The molecule has 30 heavy (non-hydrogen) atoms. The summed E-state index contributed by atoms with van der Waals surface area (Å²) in [4.78, 5) is 60.3. The van der Waals surface area contributed by atoms with Gasteiger partial charge in [-0.15, -0.1) is 0 Å². The number of hydrogen-bond donors (Lipinski definition) is 7. The Labute approximate surface area is 165 Å². The number of aliphatic hydroxyl groups is 2. The average Bonchev–Trinajstić information content (AvgIpc) is 2.73. The molecule has 0 radical (unpaired) electrons. The van der Waals surface area contributed by atoms with Crippen molar-refractivity contribution < 1.29 is 61.4 Å². The largest absolute Gasteiger partial charge is 0.490 e. The molecule has 0 aliphatic carbocycles. The molecule has 1 aromatic rings. The van der Waals surface area contributed by atoms with Gasteiger partial charge in [-0.2, -0.15) is 8.62 Å². The van der Waals surface area contributed by atoms with Crippen molar-refractivity contribution >= 4 is 23.5 Å². The van der Waals surface area contributed by atoms with Crippen molar-refractivity contribution in [1.29, 1.82) is 0 Å². The van der Waals surface area contributed by atoms with Crippen LogP contribution in [0.25, 0.3) is 0 Å². The van der Waals surface area contributed by atoms with E-state index in [2.05, 4.69) is 13.1 Å². The van der Waals surface area contributed by atoms with Crippen molar-refractivity contribution in [3.8, 4) is 0 Å². The predicted octanol–water partition coefficient (Wildman–Crippen LogP) is -2.11. The number of rotatable bonds is 8. The summed E-state index contributed by atoms with van der Waals surface area (Å²) in [7, 11) is -16.8. The van der Waals surface area contributed by atoms with Crippen LogP contribution < -0.4 is 11.2 Å². The molecule has 20 heteroatoms. The van der Waals surface area contributed by atoms with Gasteiger partial charge in [0.05, 0.1) is 6.61 Å². The molecule has 0 bridgehead atoms. The first kappa shape index (κ1) is 25.2. The van der Waals surface area contributed by atoms with Crippen molar-refractivity contribution in [3.05, 3.63) is 33.1 Å². The molecule has 2 heterocycles. The Kier molecular flexibility index (Phi) is 7.14. The van der Waals surface area contributed by atoms with Crippen molar-refractivity contribution in [1.82, 2.24) is 9.55 Å². The van der Waals surface area contributed by atoms with Gasteiger partial charge in [-0.3, -0.25) is 18.9 Å². The fraction of sp³-hybridized carbons (Fsp3) is 0.600. The number of nitrogens with zero attached hydrogens (tertiary/aromatic N) is 1. The van der Waals surface area contributed by atoms with E-state index in [0.29, 0.717) is 0 Å². The zero-order valence-electron chi connectivity index (χ0n) is 14.7. The second-order valence-electron chi connectivity index (χ2n) is 6.10. The molecule has 1 saturated heterocycles. The monoisotopic (exact) mass is 498 g/mol.